The lowest BCUT2D eigenvalue weighted by atomic mass is 9.96. The zero-order valence-electron chi connectivity index (χ0n) is 20.3. The van der Waals surface area contributed by atoms with Gasteiger partial charge in [0.15, 0.2) is 4.96 Å². The third-order valence-electron chi connectivity index (χ3n) is 7.02. The van der Waals surface area contributed by atoms with Gasteiger partial charge in [0.2, 0.25) is 5.91 Å². The van der Waals surface area contributed by atoms with Crippen molar-refractivity contribution in [2.75, 3.05) is 26.2 Å². The number of hydrogen-bond acceptors (Lipinski definition) is 4. The summed E-state index contributed by atoms with van der Waals surface area (Å²) in [5.74, 6) is 0.164. The largest absolute Gasteiger partial charge is 0.340 e. The van der Waals surface area contributed by atoms with Crippen molar-refractivity contribution in [2.45, 2.75) is 12.5 Å². The van der Waals surface area contributed by atoms with E-state index in [0.29, 0.717) is 11.4 Å². The lowest BCUT2D eigenvalue weighted by Crippen LogP contribution is -2.50. The first-order valence-electron chi connectivity index (χ1n) is 12.5. The van der Waals surface area contributed by atoms with Crippen LogP contribution in [-0.4, -0.2) is 51.3 Å². The first kappa shape index (κ1) is 23.9. The molecule has 0 radical (unpaired) electrons. The SMILES string of the molecule is O=C(Cc1csc2nc(-c3ccc(Cl)cc3)cn12)N1CCN(C(c2ccccc2)c2ccccc2)CC1. The molecule has 2 aromatic heterocycles. The number of piperazine rings is 1. The second-order valence-corrected chi connectivity index (χ2v) is 10.6. The highest BCUT2D eigenvalue weighted by Gasteiger charge is 2.28. The smallest absolute Gasteiger partial charge is 0.228 e. The number of amides is 1. The lowest BCUT2D eigenvalue weighted by Gasteiger charge is -2.39. The molecule has 37 heavy (non-hydrogen) atoms. The van der Waals surface area contributed by atoms with Gasteiger partial charge in [-0.1, -0.05) is 84.4 Å². The normalized spacial score (nSPS) is 14.5. The first-order valence-corrected chi connectivity index (χ1v) is 13.7. The van der Waals surface area contributed by atoms with Gasteiger partial charge in [0.05, 0.1) is 18.2 Å². The number of thiazole rings is 1. The van der Waals surface area contributed by atoms with Crippen molar-refractivity contribution in [3.63, 3.8) is 0 Å². The zero-order valence-corrected chi connectivity index (χ0v) is 21.9. The zero-order chi connectivity index (χ0) is 25.2. The van der Waals surface area contributed by atoms with E-state index >= 15 is 0 Å². The van der Waals surface area contributed by atoms with Crippen molar-refractivity contribution in [2.24, 2.45) is 0 Å². The topological polar surface area (TPSA) is 40.9 Å². The van der Waals surface area contributed by atoms with Crippen molar-refractivity contribution >= 4 is 33.8 Å². The molecule has 0 unspecified atom stereocenters. The number of hydrogen-bond donors (Lipinski definition) is 0. The molecule has 5 nitrogen and oxygen atoms in total. The highest BCUT2D eigenvalue weighted by Crippen LogP contribution is 2.30. The quantitative estimate of drug-likeness (QED) is 0.265. The average Bonchev–Trinajstić information content (AvgIpc) is 3.53. The fraction of sp³-hybridized carbons (Fsp3) is 0.200. The molecule has 1 fully saturated rings. The van der Waals surface area contributed by atoms with Crippen LogP contribution in [0.4, 0.5) is 0 Å². The van der Waals surface area contributed by atoms with Gasteiger partial charge in [0.25, 0.3) is 0 Å². The molecule has 0 aliphatic carbocycles. The second kappa shape index (κ2) is 10.5. The predicted octanol–water partition coefficient (Wildman–Crippen LogP) is 6.19. The Labute approximate surface area is 225 Å². The molecule has 1 saturated heterocycles. The van der Waals surface area contributed by atoms with Crippen LogP contribution >= 0.6 is 22.9 Å². The molecule has 0 atom stereocenters. The Balaban J connectivity index is 1.14. The lowest BCUT2D eigenvalue weighted by molar-refractivity contribution is -0.132. The fourth-order valence-corrected chi connectivity index (χ4v) is 6.10. The number of rotatable bonds is 6. The molecule has 3 heterocycles. The van der Waals surface area contributed by atoms with E-state index in [4.69, 9.17) is 16.6 Å². The van der Waals surface area contributed by atoms with Gasteiger partial charge in [0.1, 0.15) is 0 Å². The van der Waals surface area contributed by atoms with Crippen molar-refractivity contribution in [1.82, 2.24) is 19.2 Å². The maximum Gasteiger partial charge on any atom is 0.228 e. The molecular formula is C30H27ClN4OS. The molecule has 1 aliphatic rings. The van der Waals surface area contributed by atoms with Crippen LogP contribution in [0.5, 0.6) is 0 Å². The van der Waals surface area contributed by atoms with Crippen LogP contribution in [0.2, 0.25) is 5.02 Å². The highest BCUT2D eigenvalue weighted by atomic mass is 35.5. The van der Waals surface area contributed by atoms with E-state index in [1.165, 1.54) is 11.1 Å². The van der Waals surface area contributed by atoms with E-state index in [0.717, 1.165) is 48.1 Å². The van der Waals surface area contributed by atoms with Crippen molar-refractivity contribution in [3.05, 3.63) is 118 Å². The summed E-state index contributed by atoms with van der Waals surface area (Å²) in [4.78, 5) is 23.4. The fourth-order valence-electron chi connectivity index (χ4n) is 5.10. The molecule has 0 bridgehead atoms. The average molecular weight is 527 g/mol. The van der Waals surface area contributed by atoms with Crippen LogP contribution in [0, 0.1) is 0 Å². The van der Waals surface area contributed by atoms with Gasteiger partial charge in [-0.3, -0.25) is 14.1 Å². The Hall–Kier alpha value is -3.45. The number of fused-ring (bicyclic) bond motifs is 1. The summed E-state index contributed by atoms with van der Waals surface area (Å²) >= 11 is 7.60. The Morgan fingerprint density at radius 1 is 0.865 bits per heavy atom. The highest BCUT2D eigenvalue weighted by molar-refractivity contribution is 7.15. The summed E-state index contributed by atoms with van der Waals surface area (Å²) < 4.78 is 2.05. The number of halogens is 1. The van der Waals surface area contributed by atoms with E-state index in [1.807, 2.05) is 45.1 Å². The van der Waals surface area contributed by atoms with Gasteiger partial charge >= 0.3 is 0 Å². The van der Waals surface area contributed by atoms with Gasteiger partial charge < -0.3 is 4.90 Å². The van der Waals surface area contributed by atoms with Gasteiger partial charge in [-0.2, -0.15) is 0 Å². The molecule has 0 N–H and O–H groups in total. The molecule has 6 rings (SSSR count). The molecule has 5 aromatic rings. The van der Waals surface area contributed by atoms with Crippen LogP contribution < -0.4 is 0 Å². The number of carbonyl (C=O) groups excluding carboxylic acids is 1. The molecule has 1 amide bonds. The molecule has 186 valence electrons. The number of nitrogens with zero attached hydrogens (tertiary/aromatic N) is 4. The van der Waals surface area contributed by atoms with Crippen LogP contribution in [0.25, 0.3) is 16.2 Å². The summed E-state index contributed by atoms with van der Waals surface area (Å²) in [5, 5.41) is 2.75. The van der Waals surface area contributed by atoms with Crippen molar-refractivity contribution in [1.29, 1.82) is 0 Å². The van der Waals surface area contributed by atoms with E-state index in [1.54, 1.807) is 11.3 Å². The monoisotopic (exact) mass is 526 g/mol. The molecule has 0 spiro atoms. The molecule has 0 saturated carbocycles. The third kappa shape index (κ3) is 5.05. The maximum absolute atomic E-state index is 13.3. The number of benzene rings is 3. The predicted molar refractivity (Wildman–Crippen MR) is 150 cm³/mol. The van der Waals surface area contributed by atoms with Crippen LogP contribution in [-0.2, 0) is 11.2 Å². The van der Waals surface area contributed by atoms with Gasteiger partial charge in [0, 0.05) is 54.0 Å². The van der Waals surface area contributed by atoms with E-state index in [-0.39, 0.29) is 11.9 Å². The minimum absolute atomic E-state index is 0.164. The standard InChI is InChI=1S/C30H27ClN4OS/c31-25-13-11-22(12-14-25)27-20-35-26(21-37-30(35)32-27)19-28(36)33-15-17-34(18-16-33)29(23-7-3-1-4-8-23)24-9-5-2-6-10-24/h1-14,20-21,29H,15-19H2. The Morgan fingerprint density at radius 3 is 2.11 bits per heavy atom. The van der Waals surface area contributed by atoms with E-state index < -0.39 is 0 Å². The third-order valence-corrected chi connectivity index (χ3v) is 8.16. The summed E-state index contributed by atoms with van der Waals surface area (Å²) in [6.45, 7) is 3.13. The molecule has 7 heteroatoms. The van der Waals surface area contributed by atoms with E-state index in [9.17, 15) is 4.79 Å². The Bertz CT molecular complexity index is 1450. The van der Waals surface area contributed by atoms with Gasteiger partial charge in [-0.15, -0.1) is 11.3 Å². The summed E-state index contributed by atoms with van der Waals surface area (Å²) in [6, 6.07) is 29.2. The van der Waals surface area contributed by atoms with E-state index in [2.05, 4.69) is 65.6 Å². The van der Waals surface area contributed by atoms with Gasteiger partial charge in [-0.25, -0.2) is 4.98 Å². The first-order chi connectivity index (χ1) is 18.2. The van der Waals surface area contributed by atoms with Crippen LogP contribution in [0.15, 0.2) is 96.5 Å². The van der Waals surface area contributed by atoms with Crippen molar-refractivity contribution < 1.29 is 4.79 Å². The Kier molecular flexibility index (Phi) is 6.79. The molecular weight excluding hydrogens is 500 g/mol. The Morgan fingerprint density at radius 2 is 1.49 bits per heavy atom. The molecule has 3 aromatic carbocycles. The number of imidazole rings is 1. The second-order valence-electron chi connectivity index (χ2n) is 9.33. The van der Waals surface area contributed by atoms with Crippen LogP contribution in [0.1, 0.15) is 22.9 Å². The van der Waals surface area contributed by atoms with Crippen molar-refractivity contribution in [3.8, 4) is 11.3 Å². The number of aromatic nitrogens is 2. The maximum atomic E-state index is 13.3. The number of carbonyl (C=O) groups is 1. The van der Waals surface area contributed by atoms with Crippen LogP contribution in [0.3, 0.4) is 0 Å². The summed E-state index contributed by atoms with van der Waals surface area (Å²) in [6.07, 6.45) is 2.39. The summed E-state index contributed by atoms with van der Waals surface area (Å²) in [5.41, 5.74) is 5.45. The minimum atomic E-state index is 0.164. The summed E-state index contributed by atoms with van der Waals surface area (Å²) in [7, 11) is 0. The minimum Gasteiger partial charge on any atom is -0.340 e. The molecule has 1 aliphatic heterocycles. The van der Waals surface area contributed by atoms with Gasteiger partial charge in [-0.05, 0) is 23.3 Å².